The molecular formula is C25H30N4O. The van der Waals surface area contributed by atoms with Crippen LogP contribution in [0.5, 0.6) is 0 Å². The van der Waals surface area contributed by atoms with Gasteiger partial charge in [0.05, 0.1) is 0 Å². The van der Waals surface area contributed by atoms with E-state index in [-0.39, 0.29) is 5.91 Å². The smallest absolute Gasteiger partial charge is 0.251 e. The highest BCUT2D eigenvalue weighted by atomic mass is 16.1. The molecule has 30 heavy (non-hydrogen) atoms. The number of carbonyl (C=O) groups is 1. The number of nitrogens with one attached hydrogen (secondary N) is 1. The van der Waals surface area contributed by atoms with Gasteiger partial charge in [-0.15, -0.1) is 0 Å². The van der Waals surface area contributed by atoms with Crippen LogP contribution in [-0.2, 0) is 13.1 Å². The average Bonchev–Trinajstić information content (AvgIpc) is 3.17. The molecule has 0 radical (unpaired) electrons. The van der Waals surface area contributed by atoms with Crippen molar-refractivity contribution in [2.75, 3.05) is 18.0 Å². The van der Waals surface area contributed by atoms with Gasteiger partial charge in [-0.1, -0.05) is 31.2 Å². The lowest BCUT2D eigenvalue weighted by Crippen LogP contribution is -2.34. The normalized spacial score (nSPS) is 16.5. The van der Waals surface area contributed by atoms with Crippen molar-refractivity contribution in [3.05, 3.63) is 83.4 Å². The summed E-state index contributed by atoms with van der Waals surface area (Å²) in [6, 6.07) is 16.4. The van der Waals surface area contributed by atoms with E-state index in [1.165, 1.54) is 18.5 Å². The summed E-state index contributed by atoms with van der Waals surface area (Å²) in [4.78, 5) is 19.2. The summed E-state index contributed by atoms with van der Waals surface area (Å²) >= 11 is 0. The highest BCUT2D eigenvalue weighted by molar-refractivity contribution is 5.94. The second-order valence-corrected chi connectivity index (χ2v) is 8.34. The first kappa shape index (κ1) is 20.2. The van der Waals surface area contributed by atoms with Crippen molar-refractivity contribution in [3.8, 4) is 0 Å². The Bertz CT molecular complexity index is 975. The number of piperidine rings is 1. The van der Waals surface area contributed by atoms with Crippen molar-refractivity contribution in [3.63, 3.8) is 0 Å². The Labute approximate surface area is 178 Å². The van der Waals surface area contributed by atoms with Crippen LogP contribution in [0, 0.1) is 12.8 Å². The molecule has 0 saturated carbocycles. The van der Waals surface area contributed by atoms with Crippen molar-refractivity contribution >= 4 is 11.6 Å². The zero-order chi connectivity index (χ0) is 20.9. The van der Waals surface area contributed by atoms with Gasteiger partial charge in [-0.2, -0.15) is 0 Å². The molecule has 1 aliphatic heterocycles. The lowest BCUT2D eigenvalue weighted by molar-refractivity contribution is 0.0951. The molecule has 1 atom stereocenters. The molecule has 1 aromatic heterocycles. The van der Waals surface area contributed by atoms with Crippen LogP contribution in [0.1, 0.15) is 47.1 Å². The minimum absolute atomic E-state index is 0.0470. The van der Waals surface area contributed by atoms with Gasteiger partial charge in [0, 0.05) is 49.8 Å². The molecule has 0 spiro atoms. The Morgan fingerprint density at radius 3 is 2.50 bits per heavy atom. The summed E-state index contributed by atoms with van der Waals surface area (Å²) < 4.78 is 2.09. The molecular weight excluding hydrogens is 372 g/mol. The predicted molar refractivity (Wildman–Crippen MR) is 121 cm³/mol. The van der Waals surface area contributed by atoms with E-state index in [1.807, 2.05) is 37.4 Å². The number of aromatic nitrogens is 2. The summed E-state index contributed by atoms with van der Waals surface area (Å²) in [5.41, 5.74) is 4.22. The lowest BCUT2D eigenvalue weighted by Gasteiger charge is -2.32. The standard InChI is InChI=1S/C25H30N4O/c1-19-4-3-14-29(17-19)24-11-7-21(8-12-24)16-27-25(30)23-9-5-22(6-10-23)18-28-15-13-26-20(28)2/h5-13,15,19H,3-4,14,16-18H2,1-2H3,(H,27,30)/t19-/m0/s1. The number of imidazole rings is 1. The van der Waals surface area contributed by atoms with Gasteiger partial charge in [0.25, 0.3) is 5.91 Å². The first-order valence-corrected chi connectivity index (χ1v) is 10.8. The number of nitrogens with zero attached hydrogens (tertiary/aromatic N) is 3. The first-order valence-electron chi connectivity index (χ1n) is 10.8. The average molecular weight is 403 g/mol. The molecule has 0 bridgehead atoms. The maximum absolute atomic E-state index is 12.5. The third kappa shape index (κ3) is 4.90. The monoisotopic (exact) mass is 402 g/mol. The van der Waals surface area contributed by atoms with Gasteiger partial charge < -0.3 is 14.8 Å². The molecule has 156 valence electrons. The third-order valence-corrected chi connectivity index (χ3v) is 5.90. The lowest BCUT2D eigenvalue weighted by atomic mass is 9.99. The Balaban J connectivity index is 1.30. The first-order chi connectivity index (χ1) is 14.6. The van der Waals surface area contributed by atoms with E-state index in [4.69, 9.17) is 0 Å². The van der Waals surface area contributed by atoms with Gasteiger partial charge in [0.2, 0.25) is 0 Å². The third-order valence-electron chi connectivity index (χ3n) is 5.90. The van der Waals surface area contributed by atoms with Crippen molar-refractivity contribution in [1.29, 1.82) is 0 Å². The molecule has 4 rings (SSSR count). The Morgan fingerprint density at radius 1 is 1.10 bits per heavy atom. The van der Waals surface area contributed by atoms with Crippen LogP contribution >= 0.6 is 0 Å². The minimum atomic E-state index is -0.0470. The van der Waals surface area contributed by atoms with Crippen LogP contribution in [0.4, 0.5) is 5.69 Å². The molecule has 2 heterocycles. The summed E-state index contributed by atoms with van der Waals surface area (Å²) in [6.07, 6.45) is 6.36. The van der Waals surface area contributed by atoms with Crippen molar-refractivity contribution < 1.29 is 4.79 Å². The fourth-order valence-electron chi connectivity index (χ4n) is 4.06. The number of amides is 1. The van der Waals surface area contributed by atoms with Crippen LogP contribution in [-0.4, -0.2) is 28.5 Å². The van der Waals surface area contributed by atoms with Crippen molar-refractivity contribution in [1.82, 2.24) is 14.9 Å². The number of hydrogen-bond acceptors (Lipinski definition) is 3. The van der Waals surface area contributed by atoms with E-state index < -0.39 is 0 Å². The van der Waals surface area contributed by atoms with Crippen LogP contribution < -0.4 is 10.2 Å². The zero-order valence-corrected chi connectivity index (χ0v) is 17.8. The molecule has 3 aromatic rings. The van der Waals surface area contributed by atoms with Gasteiger partial charge in [0.1, 0.15) is 5.82 Å². The maximum atomic E-state index is 12.5. The molecule has 1 amide bonds. The number of aryl methyl sites for hydroxylation is 1. The topological polar surface area (TPSA) is 50.2 Å². The van der Waals surface area contributed by atoms with E-state index in [0.717, 1.165) is 42.5 Å². The van der Waals surface area contributed by atoms with Crippen LogP contribution in [0.2, 0.25) is 0 Å². The van der Waals surface area contributed by atoms with Crippen LogP contribution in [0.15, 0.2) is 60.9 Å². The largest absolute Gasteiger partial charge is 0.371 e. The summed E-state index contributed by atoms with van der Waals surface area (Å²) in [5, 5.41) is 3.03. The highest BCUT2D eigenvalue weighted by Gasteiger charge is 2.16. The van der Waals surface area contributed by atoms with Crippen molar-refractivity contribution in [2.24, 2.45) is 5.92 Å². The maximum Gasteiger partial charge on any atom is 0.251 e. The molecule has 1 fully saturated rings. The van der Waals surface area contributed by atoms with Gasteiger partial charge >= 0.3 is 0 Å². The summed E-state index contributed by atoms with van der Waals surface area (Å²) in [6.45, 7) is 7.87. The second kappa shape index (κ2) is 9.16. The fourth-order valence-corrected chi connectivity index (χ4v) is 4.06. The van der Waals surface area contributed by atoms with Gasteiger partial charge in [-0.05, 0) is 61.1 Å². The van der Waals surface area contributed by atoms with Crippen LogP contribution in [0.25, 0.3) is 0 Å². The van der Waals surface area contributed by atoms with E-state index >= 15 is 0 Å². The van der Waals surface area contributed by atoms with E-state index in [2.05, 4.69) is 51.0 Å². The van der Waals surface area contributed by atoms with Crippen molar-refractivity contribution in [2.45, 2.75) is 39.8 Å². The van der Waals surface area contributed by atoms with Gasteiger partial charge in [0.15, 0.2) is 0 Å². The second-order valence-electron chi connectivity index (χ2n) is 8.34. The quantitative estimate of drug-likeness (QED) is 0.665. The molecule has 1 aliphatic rings. The number of hydrogen-bond donors (Lipinski definition) is 1. The van der Waals surface area contributed by atoms with Crippen LogP contribution in [0.3, 0.4) is 0 Å². The highest BCUT2D eigenvalue weighted by Crippen LogP contribution is 2.23. The zero-order valence-electron chi connectivity index (χ0n) is 17.8. The minimum Gasteiger partial charge on any atom is -0.371 e. The number of anilines is 1. The number of benzene rings is 2. The molecule has 0 aliphatic carbocycles. The summed E-state index contributed by atoms with van der Waals surface area (Å²) in [5.74, 6) is 1.69. The van der Waals surface area contributed by atoms with E-state index in [1.54, 1.807) is 6.20 Å². The fraction of sp³-hybridized carbons (Fsp3) is 0.360. The van der Waals surface area contributed by atoms with E-state index in [0.29, 0.717) is 12.1 Å². The van der Waals surface area contributed by atoms with E-state index in [9.17, 15) is 4.79 Å². The molecule has 5 nitrogen and oxygen atoms in total. The molecule has 0 unspecified atom stereocenters. The number of rotatable bonds is 6. The Morgan fingerprint density at radius 2 is 1.83 bits per heavy atom. The van der Waals surface area contributed by atoms with Gasteiger partial charge in [-0.25, -0.2) is 4.98 Å². The molecule has 1 N–H and O–H groups in total. The van der Waals surface area contributed by atoms with Gasteiger partial charge in [-0.3, -0.25) is 4.79 Å². The Kier molecular flexibility index (Phi) is 6.17. The Hall–Kier alpha value is -3.08. The number of carbonyl (C=O) groups excluding carboxylic acids is 1. The molecule has 1 saturated heterocycles. The summed E-state index contributed by atoms with van der Waals surface area (Å²) in [7, 11) is 0. The molecule has 2 aromatic carbocycles. The molecule has 5 heteroatoms. The SMILES string of the molecule is Cc1nccn1Cc1ccc(C(=O)NCc2ccc(N3CCC[C@H](C)C3)cc2)cc1. The predicted octanol–water partition coefficient (Wildman–Crippen LogP) is 4.41.